The normalized spacial score (nSPS) is 17.6. The van der Waals surface area contributed by atoms with Crippen LogP contribution in [0, 0.1) is 5.92 Å². The van der Waals surface area contributed by atoms with E-state index in [1.54, 1.807) is 30.3 Å². The van der Waals surface area contributed by atoms with E-state index in [1.165, 1.54) is 6.20 Å². The highest BCUT2D eigenvalue weighted by atomic mass is 32.2. The van der Waals surface area contributed by atoms with Gasteiger partial charge in [-0.15, -0.1) is 0 Å². The van der Waals surface area contributed by atoms with Crippen molar-refractivity contribution in [3.8, 4) is 11.3 Å². The molecule has 1 saturated heterocycles. The molecule has 176 valence electrons. The van der Waals surface area contributed by atoms with Gasteiger partial charge in [-0.2, -0.15) is 13.2 Å². The summed E-state index contributed by atoms with van der Waals surface area (Å²) in [6.07, 6.45) is -3.07. The molecule has 1 aromatic carbocycles. The van der Waals surface area contributed by atoms with Gasteiger partial charge in [0.05, 0.1) is 30.4 Å². The Bertz CT molecular complexity index is 874. The number of imidazole rings is 1. The summed E-state index contributed by atoms with van der Waals surface area (Å²) in [7, 11) is 0. The molecule has 0 spiro atoms. The first-order valence-electron chi connectivity index (χ1n) is 10.6. The van der Waals surface area contributed by atoms with E-state index in [1.807, 2.05) is 0 Å². The van der Waals surface area contributed by atoms with Crippen LogP contribution >= 0.6 is 11.8 Å². The average molecular weight is 471 g/mol. The fourth-order valence-corrected chi connectivity index (χ4v) is 4.45. The molecule has 1 aromatic heterocycles. The monoisotopic (exact) mass is 470 g/mol. The zero-order chi connectivity index (χ0) is 23.1. The molecule has 0 aliphatic carbocycles. The van der Waals surface area contributed by atoms with Gasteiger partial charge in [0, 0.05) is 26.2 Å². The number of morpholine rings is 1. The van der Waals surface area contributed by atoms with Gasteiger partial charge in [-0.1, -0.05) is 55.9 Å². The topological polar surface area (TPSA) is 59.4 Å². The number of thioether (sulfide) groups is 1. The molecule has 3 rings (SSSR count). The lowest BCUT2D eigenvalue weighted by atomic mass is 10.2. The quantitative estimate of drug-likeness (QED) is 0.567. The Hall–Kier alpha value is -2.04. The van der Waals surface area contributed by atoms with Crippen molar-refractivity contribution < 1.29 is 22.7 Å². The maximum Gasteiger partial charge on any atom is 0.406 e. The van der Waals surface area contributed by atoms with Crippen molar-refractivity contribution in [2.75, 3.05) is 38.5 Å². The van der Waals surface area contributed by atoms with Crippen molar-refractivity contribution in [1.29, 1.82) is 0 Å². The number of halogens is 3. The van der Waals surface area contributed by atoms with Crippen LogP contribution in [0.2, 0.25) is 0 Å². The molecule has 0 saturated carbocycles. The van der Waals surface area contributed by atoms with Gasteiger partial charge in [0.1, 0.15) is 6.54 Å². The van der Waals surface area contributed by atoms with Gasteiger partial charge in [-0.05, 0) is 11.5 Å². The molecule has 1 fully saturated rings. The minimum atomic E-state index is -4.40. The van der Waals surface area contributed by atoms with Crippen molar-refractivity contribution in [2.45, 2.75) is 37.8 Å². The predicted molar refractivity (Wildman–Crippen MR) is 118 cm³/mol. The van der Waals surface area contributed by atoms with Crippen LogP contribution in [0.4, 0.5) is 13.2 Å². The van der Waals surface area contributed by atoms with Crippen LogP contribution in [-0.2, 0) is 16.1 Å². The number of benzene rings is 1. The summed E-state index contributed by atoms with van der Waals surface area (Å²) in [6, 6.07) is 8.79. The lowest BCUT2D eigenvalue weighted by molar-refractivity contribution is -0.141. The molecule has 6 nitrogen and oxygen atoms in total. The molecule has 2 aromatic rings. The molecule has 1 atom stereocenters. The number of rotatable bonds is 9. The van der Waals surface area contributed by atoms with Crippen LogP contribution in [0.1, 0.15) is 13.8 Å². The lowest BCUT2D eigenvalue weighted by Gasteiger charge is -2.33. The maximum absolute atomic E-state index is 13.2. The summed E-state index contributed by atoms with van der Waals surface area (Å²) in [6.45, 7) is 6.77. The third-order valence-electron chi connectivity index (χ3n) is 4.93. The van der Waals surface area contributed by atoms with Gasteiger partial charge in [0.25, 0.3) is 0 Å². The second kappa shape index (κ2) is 11.2. The van der Waals surface area contributed by atoms with Crippen LogP contribution in [0.15, 0.2) is 41.7 Å². The Kier molecular flexibility index (Phi) is 8.61. The number of ether oxygens (including phenoxy) is 1. The molecular formula is C22H29F3N4O2S. The molecular weight excluding hydrogens is 441 g/mol. The van der Waals surface area contributed by atoms with E-state index in [0.29, 0.717) is 30.3 Å². The van der Waals surface area contributed by atoms with E-state index in [0.717, 1.165) is 36.0 Å². The van der Waals surface area contributed by atoms with E-state index < -0.39 is 12.7 Å². The summed E-state index contributed by atoms with van der Waals surface area (Å²) in [4.78, 5) is 18.8. The number of nitrogens with one attached hydrogen (secondary N) is 1. The second-order valence-corrected chi connectivity index (χ2v) is 9.17. The van der Waals surface area contributed by atoms with Crippen LogP contribution in [-0.4, -0.2) is 71.2 Å². The first kappa shape index (κ1) is 24.6. The number of amides is 1. The maximum atomic E-state index is 13.2. The molecule has 1 unspecified atom stereocenters. The van der Waals surface area contributed by atoms with E-state index in [9.17, 15) is 18.0 Å². The molecule has 0 radical (unpaired) electrons. The number of carbonyl (C=O) groups is 1. The van der Waals surface area contributed by atoms with Gasteiger partial charge >= 0.3 is 6.18 Å². The van der Waals surface area contributed by atoms with Crippen molar-refractivity contribution in [3.63, 3.8) is 0 Å². The van der Waals surface area contributed by atoms with Crippen LogP contribution in [0.5, 0.6) is 0 Å². The van der Waals surface area contributed by atoms with Crippen LogP contribution in [0.25, 0.3) is 11.3 Å². The van der Waals surface area contributed by atoms with Crippen molar-refractivity contribution >= 4 is 17.7 Å². The van der Waals surface area contributed by atoms with E-state index in [4.69, 9.17) is 4.74 Å². The Morgan fingerprint density at radius 1 is 1.31 bits per heavy atom. The molecule has 1 aliphatic rings. The summed E-state index contributed by atoms with van der Waals surface area (Å²) in [5.74, 6) is 0.272. The Labute approximate surface area is 190 Å². The smallest absolute Gasteiger partial charge is 0.374 e. The molecule has 32 heavy (non-hydrogen) atoms. The van der Waals surface area contributed by atoms with Crippen molar-refractivity contribution in [1.82, 2.24) is 19.8 Å². The number of carbonyl (C=O) groups excluding carboxylic acids is 1. The zero-order valence-corrected chi connectivity index (χ0v) is 19.1. The molecule has 1 aliphatic heterocycles. The van der Waals surface area contributed by atoms with E-state index in [-0.39, 0.29) is 22.9 Å². The van der Waals surface area contributed by atoms with Crippen molar-refractivity contribution in [2.24, 2.45) is 5.92 Å². The van der Waals surface area contributed by atoms with Crippen LogP contribution in [0.3, 0.4) is 0 Å². The standard InChI is InChI=1S/C22H29F3N4O2S/c1-16(2)12-28-8-9-31-18(13-28)10-26-20(30)14-32-21-27-11-19(17-6-4-3-5-7-17)29(21)15-22(23,24)25/h3-7,11,16,18H,8-10,12-15H2,1-2H3,(H,26,30). The highest BCUT2D eigenvalue weighted by Crippen LogP contribution is 2.29. The van der Waals surface area contributed by atoms with Gasteiger partial charge < -0.3 is 14.6 Å². The third-order valence-corrected chi connectivity index (χ3v) is 5.92. The van der Waals surface area contributed by atoms with E-state index in [2.05, 4.69) is 29.0 Å². The number of alkyl halides is 3. The van der Waals surface area contributed by atoms with Gasteiger partial charge in [-0.25, -0.2) is 4.98 Å². The van der Waals surface area contributed by atoms with Gasteiger partial charge in [-0.3, -0.25) is 9.69 Å². The number of aromatic nitrogens is 2. The highest BCUT2D eigenvalue weighted by Gasteiger charge is 2.31. The summed E-state index contributed by atoms with van der Waals surface area (Å²) < 4.78 is 46.4. The molecule has 0 bridgehead atoms. The highest BCUT2D eigenvalue weighted by molar-refractivity contribution is 7.99. The molecule has 1 amide bonds. The minimum absolute atomic E-state index is 0.0223. The SMILES string of the molecule is CC(C)CN1CCOC(CNC(=O)CSc2ncc(-c3ccccc3)n2CC(F)(F)F)C1. The van der Waals surface area contributed by atoms with Gasteiger partial charge in [0.15, 0.2) is 5.16 Å². The van der Waals surface area contributed by atoms with E-state index >= 15 is 0 Å². The summed E-state index contributed by atoms with van der Waals surface area (Å²) in [5.41, 5.74) is 1.01. The Morgan fingerprint density at radius 2 is 2.06 bits per heavy atom. The fraction of sp³-hybridized carbons (Fsp3) is 0.545. The molecule has 2 heterocycles. The first-order chi connectivity index (χ1) is 15.2. The predicted octanol–water partition coefficient (Wildman–Crippen LogP) is 3.68. The second-order valence-electron chi connectivity index (χ2n) is 8.23. The van der Waals surface area contributed by atoms with Crippen molar-refractivity contribution in [3.05, 3.63) is 36.5 Å². The largest absolute Gasteiger partial charge is 0.406 e. The average Bonchev–Trinajstić information content (AvgIpc) is 3.12. The number of hydrogen-bond acceptors (Lipinski definition) is 5. The first-order valence-corrected chi connectivity index (χ1v) is 11.6. The number of nitrogens with zero attached hydrogens (tertiary/aromatic N) is 3. The summed E-state index contributed by atoms with van der Waals surface area (Å²) in [5, 5.41) is 2.99. The van der Waals surface area contributed by atoms with Gasteiger partial charge in [0.2, 0.25) is 5.91 Å². The molecule has 1 N–H and O–H groups in total. The van der Waals surface area contributed by atoms with Crippen LogP contribution < -0.4 is 5.32 Å². The Balaban J connectivity index is 1.56. The number of hydrogen-bond donors (Lipinski definition) is 1. The summed E-state index contributed by atoms with van der Waals surface area (Å²) >= 11 is 0.995. The zero-order valence-electron chi connectivity index (χ0n) is 18.3. The fourth-order valence-electron chi connectivity index (χ4n) is 3.64. The third kappa shape index (κ3) is 7.53. The molecule has 10 heteroatoms. The lowest BCUT2D eigenvalue weighted by Crippen LogP contribution is -2.48. The minimum Gasteiger partial charge on any atom is -0.374 e. The Morgan fingerprint density at radius 3 is 2.75 bits per heavy atom.